The van der Waals surface area contributed by atoms with Crippen molar-refractivity contribution in [3.63, 3.8) is 0 Å². The lowest BCUT2D eigenvalue weighted by atomic mass is 9.59. The highest BCUT2D eigenvalue weighted by Crippen LogP contribution is 2.52. The molecule has 2 fully saturated rings. The van der Waals surface area contributed by atoms with E-state index in [9.17, 15) is 21.6 Å². The summed E-state index contributed by atoms with van der Waals surface area (Å²) < 4.78 is 56.5. The van der Waals surface area contributed by atoms with Crippen LogP contribution in [0.2, 0.25) is 0 Å². The lowest BCUT2D eigenvalue weighted by molar-refractivity contribution is -0.192. The van der Waals surface area contributed by atoms with Crippen LogP contribution in [0.4, 0.5) is 13.2 Å². The Bertz CT molecular complexity index is 1180. The Labute approximate surface area is 209 Å². The van der Waals surface area contributed by atoms with Gasteiger partial charge in [-0.1, -0.05) is 30.7 Å². The molecule has 0 amide bonds. The molecule has 1 unspecified atom stereocenters. The summed E-state index contributed by atoms with van der Waals surface area (Å²) in [6.45, 7) is 0.987. The topological polar surface area (TPSA) is 96.4 Å². The zero-order valence-electron chi connectivity index (χ0n) is 19.9. The number of sulfone groups is 1. The van der Waals surface area contributed by atoms with Crippen LogP contribution in [0.5, 0.6) is 0 Å². The number of hydrogen-bond acceptors (Lipinski definition) is 5. The van der Waals surface area contributed by atoms with Crippen LogP contribution in [0.1, 0.15) is 60.5 Å². The number of hydrogen-bond donors (Lipinski definition) is 2. The van der Waals surface area contributed by atoms with Gasteiger partial charge in [0.25, 0.3) is 0 Å². The van der Waals surface area contributed by atoms with Crippen molar-refractivity contribution in [1.29, 1.82) is 0 Å². The lowest BCUT2D eigenvalue weighted by Crippen LogP contribution is -2.49. The normalized spacial score (nSPS) is 20.9. The predicted molar refractivity (Wildman–Crippen MR) is 129 cm³/mol. The molecular formula is C26H31F3N2O4S. The van der Waals surface area contributed by atoms with E-state index in [1.54, 1.807) is 0 Å². The summed E-state index contributed by atoms with van der Waals surface area (Å²) in [5.41, 5.74) is 5.16. The first-order valence-corrected chi connectivity index (χ1v) is 14.1. The van der Waals surface area contributed by atoms with Crippen molar-refractivity contribution in [2.45, 2.75) is 62.6 Å². The molecule has 0 radical (unpaired) electrons. The van der Waals surface area contributed by atoms with E-state index in [0.29, 0.717) is 18.1 Å². The summed E-state index contributed by atoms with van der Waals surface area (Å²) in [4.78, 5) is 13.6. The Balaban J connectivity index is 0.000000384. The van der Waals surface area contributed by atoms with Crippen LogP contribution in [0.3, 0.4) is 0 Å². The molecule has 196 valence electrons. The summed E-state index contributed by atoms with van der Waals surface area (Å²) in [5.74, 6) is -1.68. The Morgan fingerprint density at radius 1 is 1.17 bits per heavy atom. The molecule has 1 aliphatic heterocycles. The van der Waals surface area contributed by atoms with Gasteiger partial charge in [0.15, 0.2) is 9.84 Å². The molecule has 2 N–H and O–H groups in total. The second kappa shape index (κ2) is 10.5. The van der Waals surface area contributed by atoms with Crippen LogP contribution >= 0.6 is 0 Å². The van der Waals surface area contributed by atoms with E-state index >= 15 is 0 Å². The molecule has 2 saturated carbocycles. The summed E-state index contributed by atoms with van der Waals surface area (Å²) in [5, 5.41) is 10.9. The summed E-state index contributed by atoms with van der Waals surface area (Å²) in [7, 11) is -2.94. The van der Waals surface area contributed by atoms with E-state index in [1.165, 1.54) is 23.2 Å². The number of pyridine rings is 1. The van der Waals surface area contributed by atoms with Gasteiger partial charge in [-0.15, -0.1) is 0 Å². The Morgan fingerprint density at radius 2 is 1.89 bits per heavy atom. The number of aromatic nitrogens is 1. The quantitative estimate of drug-likeness (QED) is 0.558. The average Bonchev–Trinajstić information content (AvgIpc) is 3.61. The highest BCUT2D eigenvalue weighted by atomic mass is 32.2. The number of fused-ring (bicyclic) bond motifs is 1. The van der Waals surface area contributed by atoms with Gasteiger partial charge in [-0.05, 0) is 79.8 Å². The number of aryl methyl sites for hydroxylation is 1. The fraction of sp³-hybridized carbons (Fsp3) is 0.538. The number of carbonyl (C=O) groups is 1. The second-order valence-corrected chi connectivity index (χ2v) is 12.2. The number of carboxylic acids is 1. The molecule has 2 aromatic rings. The first-order chi connectivity index (χ1) is 17.0. The number of carboxylic acid groups (broad SMARTS) is 1. The van der Waals surface area contributed by atoms with Crippen LogP contribution in [0, 0.1) is 5.92 Å². The summed E-state index contributed by atoms with van der Waals surface area (Å²) >= 11 is 0. The zero-order chi connectivity index (χ0) is 26.0. The van der Waals surface area contributed by atoms with Gasteiger partial charge in [0.1, 0.15) is 0 Å². The summed E-state index contributed by atoms with van der Waals surface area (Å²) in [6, 6.07) is 13.2. The highest BCUT2D eigenvalue weighted by Gasteiger charge is 2.48. The molecule has 5 rings (SSSR count). The van der Waals surface area contributed by atoms with Crippen LogP contribution < -0.4 is 5.32 Å². The largest absolute Gasteiger partial charge is 0.490 e. The molecule has 1 atom stereocenters. The van der Waals surface area contributed by atoms with Crippen molar-refractivity contribution in [2.24, 2.45) is 5.92 Å². The van der Waals surface area contributed by atoms with Gasteiger partial charge in [0.05, 0.1) is 11.5 Å². The molecule has 2 aliphatic carbocycles. The van der Waals surface area contributed by atoms with Crippen molar-refractivity contribution < 1.29 is 31.5 Å². The van der Waals surface area contributed by atoms with Gasteiger partial charge >= 0.3 is 12.1 Å². The maximum absolute atomic E-state index is 12.4. The number of halogens is 3. The fourth-order valence-electron chi connectivity index (χ4n) is 5.16. The van der Waals surface area contributed by atoms with Crippen LogP contribution in [0.15, 0.2) is 42.6 Å². The van der Waals surface area contributed by atoms with Gasteiger partial charge < -0.3 is 10.4 Å². The van der Waals surface area contributed by atoms with Gasteiger partial charge in [0.2, 0.25) is 0 Å². The Hall–Kier alpha value is -2.46. The lowest BCUT2D eigenvalue weighted by Gasteiger charge is -2.49. The van der Waals surface area contributed by atoms with Crippen LogP contribution in [-0.2, 0) is 32.9 Å². The standard InChI is InChI=1S/C24H30N2O2S.C2HF3O2/c27-29(28,17-19-5-6-19)15-10-18-7-8-20-9-14-26-23(21(20)16-18)24(11-3-12-24)22-4-1-2-13-25-22;3-2(4,5)1(6)7/h1-2,4,7-8,13,16,19,23,26H,3,5-6,9-12,14-15,17H2;(H,6,7). The van der Waals surface area contributed by atoms with E-state index in [1.807, 2.05) is 12.3 Å². The molecule has 2 heterocycles. The predicted octanol–water partition coefficient (Wildman–Crippen LogP) is 4.39. The Kier molecular flexibility index (Phi) is 7.75. The molecule has 0 bridgehead atoms. The first-order valence-electron chi connectivity index (χ1n) is 12.3. The van der Waals surface area contributed by atoms with E-state index in [0.717, 1.165) is 44.2 Å². The van der Waals surface area contributed by atoms with E-state index in [-0.39, 0.29) is 17.2 Å². The number of alkyl halides is 3. The van der Waals surface area contributed by atoms with E-state index < -0.39 is 22.0 Å². The van der Waals surface area contributed by atoms with Gasteiger partial charge in [0, 0.05) is 23.3 Å². The third-order valence-electron chi connectivity index (χ3n) is 7.37. The monoisotopic (exact) mass is 524 g/mol. The average molecular weight is 525 g/mol. The van der Waals surface area contributed by atoms with Crippen molar-refractivity contribution in [2.75, 3.05) is 18.1 Å². The number of benzene rings is 1. The van der Waals surface area contributed by atoms with E-state index in [2.05, 4.69) is 35.6 Å². The second-order valence-electron chi connectivity index (χ2n) is 10.0. The van der Waals surface area contributed by atoms with Gasteiger partial charge in [-0.3, -0.25) is 4.98 Å². The Morgan fingerprint density at radius 3 is 2.44 bits per heavy atom. The van der Waals surface area contributed by atoms with Crippen molar-refractivity contribution in [3.8, 4) is 0 Å². The number of aliphatic carboxylic acids is 1. The third-order valence-corrected chi connectivity index (χ3v) is 9.17. The number of rotatable bonds is 7. The van der Waals surface area contributed by atoms with Crippen molar-refractivity contribution in [3.05, 3.63) is 65.0 Å². The minimum atomic E-state index is -5.08. The van der Waals surface area contributed by atoms with Gasteiger partial charge in [-0.2, -0.15) is 13.2 Å². The van der Waals surface area contributed by atoms with Crippen molar-refractivity contribution >= 4 is 15.8 Å². The molecule has 6 nitrogen and oxygen atoms in total. The van der Waals surface area contributed by atoms with Crippen molar-refractivity contribution in [1.82, 2.24) is 10.3 Å². The smallest absolute Gasteiger partial charge is 0.475 e. The molecule has 1 aromatic heterocycles. The molecule has 36 heavy (non-hydrogen) atoms. The molecule has 3 aliphatic rings. The minimum Gasteiger partial charge on any atom is -0.475 e. The molecule has 0 saturated heterocycles. The minimum absolute atomic E-state index is 0.0626. The molecule has 1 aromatic carbocycles. The van der Waals surface area contributed by atoms with Gasteiger partial charge in [-0.25, -0.2) is 13.2 Å². The SMILES string of the molecule is O=C(O)C(F)(F)F.O=S(=O)(CCc1ccc2c(c1)C(C1(c3ccccn3)CCC1)NCC2)CC1CC1. The molecule has 10 heteroatoms. The maximum Gasteiger partial charge on any atom is 0.490 e. The molecule has 0 spiro atoms. The number of nitrogens with zero attached hydrogens (tertiary/aromatic N) is 1. The highest BCUT2D eigenvalue weighted by molar-refractivity contribution is 7.91. The van der Waals surface area contributed by atoms with Crippen LogP contribution in [0.25, 0.3) is 0 Å². The van der Waals surface area contributed by atoms with E-state index in [4.69, 9.17) is 14.9 Å². The van der Waals surface area contributed by atoms with Crippen LogP contribution in [-0.4, -0.2) is 48.7 Å². The maximum atomic E-state index is 12.4. The third kappa shape index (κ3) is 6.26. The molecular weight excluding hydrogens is 493 g/mol. The summed E-state index contributed by atoms with van der Waals surface area (Å²) in [6.07, 6.45) is 4.18. The first kappa shape index (κ1) is 26.6. The fourth-order valence-corrected chi connectivity index (χ4v) is 6.92. The zero-order valence-corrected chi connectivity index (χ0v) is 20.7. The number of nitrogens with one attached hydrogen (secondary N) is 1.